The molecule has 0 radical (unpaired) electrons. The number of nitrogens with one attached hydrogen (secondary N) is 2. The number of hydrogen-bond acceptors (Lipinski definition) is 5. The number of sulfonamides is 1. The molecule has 0 aromatic heterocycles. The van der Waals surface area contributed by atoms with Crippen molar-refractivity contribution in [1.29, 1.82) is 0 Å². The van der Waals surface area contributed by atoms with Crippen LogP contribution in [0.15, 0.2) is 29.2 Å². The summed E-state index contributed by atoms with van der Waals surface area (Å²) in [6.45, 7) is 2.96. The maximum atomic E-state index is 12.7. The lowest BCUT2D eigenvalue weighted by atomic mass is 9.80. The zero-order valence-electron chi connectivity index (χ0n) is 14.2. The third kappa shape index (κ3) is 5.40. The van der Waals surface area contributed by atoms with Crippen LogP contribution in [-0.2, 0) is 26.1 Å². The van der Waals surface area contributed by atoms with Crippen molar-refractivity contribution in [2.45, 2.75) is 24.3 Å². The Kier molecular flexibility index (Phi) is 8.62. The maximum Gasteiger partial charge on any atom is 0.240 e. The van der Waals surface area contributed by atoms with Gasteiger partial charge in [-0.25, -0.2) is 13.1 Å². The third-order valence-corrected chi connectivity index (χ3v) is 5.82. The van der Waals surface area contributed by atoms with Crippen molar-refractivity contribution in [1.82, 2.24) is 10.0 Å². The molecule has 0 spiro atoms. The lowest BCUT2D eigenvalue weighted by Gasteiger charge is -2.37. The largest absolute Gasteiger partial charge is 0.384 e. The van der Waals surface area contributed by atoms with E-state index in [9.17, 15) is 8.42 Å². The van der Waals surface area contributed by atoms with Crippen LogP contribution in [0.3, 0.4) is 0 Å². The van der Waals surface area contributed by atoms with Crippen LogP contribution < -0.4 is 10.0 Å². The maximum absolute atomic E-state index is 12.7. The predicted octanol–water partition coefficient (Wildman–Crippen LogP) is 1.55. The zero-order valence-corrected chi connectivity index (χ0v) is 15.8. The van der Waals surface area contributed by atoms with E-state index in [0.29, 0.717) is 18.7 Å². The van der Waals surface area contributed by atoms with Gasteiger partial charge in [0.2, 0.25) is 10.0 Å². The standard InChI is InChI=1S/C16H26N2O4S.ClH/c1-21-11-14-5-3-4-6-15(14)23(19,20)18-12-16(13-22-2)7-9-17-10-8-16;/h3-6,17-18H,7-13H2,1-2H3;1H. The van der Waals surface area contributed by atoms with Crippen molar-refractivity contribution in [2.24, 2.45) is 5.41 Å². The molecule has 0 unspecified atom stereocenters. The summed E-state index contributed by atoms with van der Waals surface area (Å²) >= 11 is 0. The van der Waals surface area contributed by atoms with E-state index < -0.39 is 10.0 Å². The molecular weight excluding hydrogens is 352 g/mol. The van der Waals surface area contributed by atoms with Gasteiger partial charge in [0.1, 0.15) is 0 Å². The minimum Gasteiger partial charge on any atom is -0.384 e. The van der Waals surface area contributed by atoms with E-state index in [2.05, 4.69) is 10.0 Å². The molecule has 2 N–H and O–H groups in total. The Morgan fingerprint density at radius 3 is 2.46 bits per heavy atom. The Hall–Kier alpha value is -0.700. The fraction of sp³-hybridized carbons (Fsp3) is 0.625. The van der Waals surface area contributed by atoms with Gasteiger partial charge in [-0.05, 0) is 37.6 Å². The molecule has 1 aliphatic rings. The minimum absolute atomic E-state index is 0. The second kappa shape index (κ2) is 9.70. The predicted molar refractivity (Wildman–Crippen MR) is 96.0 cm³/mol. The van der Waals surface area contributed by atoms with Crippen molar-refractivity contribution in [2.75, 3.05) is 40.5 Å². The Labute approximate surface area is 150 Å². The molecule has 0 amide bonds. The van der Waals surface area contributed by atoms with E-state index in [1.165, 1.54) is 0 Å². The molecule has 0 atom stereocenters. The molecule has 1 aliphatic heterocycles. The topological polar surface area (TPSA) is 76.7 Å². The van der Waals surface area contributed by atoms with Crippen molar-refractivity contribution < 1.29 is 17.9 Å². The van der Waals surface area contributed by atoms with E-state index in [0.717, 1.165) is 25.9 Å². The molecule has 2 rings (SSSR count). The highest BCUT2D eigenvalue weighted by molar-refractivity contribution is 7.89. The van der Waals surface area contributed by atoms with Crippen molar-refractivity contribution in [3.63, 3.8) is 0 Å². The van der Waals surface area contributed by atoms with Crippen molar-refractivity contribution in [3.05, 3.63) is 29.8 Å². The van der Waals surface area contributed by atoms with Gasteiger partial charge in [-0.3, -0.25) is 0 Å². The summed E-state index contributed by atoms with van der Waals surface area (Å²) in [6, 6.07) is 6.92. The molecule has 1 aromatic carbocycles. The second-order valence-electron chi connectivity index (χ2n) is 6.05. The Morgan fingerprint density at radius 1 is 1.17 bits per heavy atom. The average Bonchev–Trinajstić information content (AvgIpc) is 2.55. The van der Waals surface area contributed by atoms with Gasteiger partial charge in [-0.15, -0.1) is 12.4 Å². The van der Waals surface area contributed by atoms with Gasteiger partial charge in [0.15, 0.2) is 0 Å². The molecule has 138 valence electrons. The number of benzene rings is 1. The molecule has 1 aromatic rings. The van der Waals surface area contributed by atoms with E-state index in [1.54, 1.807) is 32.4 Å². The summed E-state index contributed by atoms with van der Waals surface area (Å²) in [4.78, 5) is 0.281. The molecule has 0 saturated carbocycles. The number of rotatable bonds is 8. The van der Waals surface area contributed by atoms with Crippen LogP contribution in [0, 0.1) is 5.41 Å². The molecule has 1 fully saturated rings. The molecule has 24 heavy (non-hydrogen) atoms. The van der Waals surface area contributed by atoms with Gasteiger partial charge in [-0.2, -0.15) is 0 Å². The normalized spacial score (nSPS) is 17.2. The zero-order chi connectivity index (χ0) is 16.8. The van der Waals surface area contributed by atoms with Gasteiger partial charge in [-0.1, -0.05) is 18.2 Å². The van der Waals surface area contributed by atoms with Crippen LogP contribution in [0.2, 0.25) is 0 Å². The van der Waals surface area contributed by atoms with E-state index in [4.69, 9.17) is 9.47 Å². The quantitative estimate of drug-likeness (QED) is 0.717. The first-order chi connectivity index (χ1) is 11.0. The summed E-state index contributed by atoms with van der Waals surface area (Å²) < 4.78 is 38.6. The van der Waals surface area contributed by atoms with Crippen molar-refractivity contribution >= 4 is 22.4 Å². The number of ether oxygens (including phenoxy) is 2. The Morgan fingerprint density at radius 2 is 1.83 bits per heavy atom. The molecular formula is C16H27ClN2O4S. The van der Waals surface area contributed by atoms with E-state index in [1.807, 2.05) is 6.07 Å². The van der Waals surface area contributed by atoms with Crippen LogP contribution >= 0.6 is 12.4 Å². The van der Waals surface area contributed by atoms with Crippen LogP contribution in [-0.4, -0.2) is 48.9 Å². The number of methoxy groups -OCH3 is 2. The highest BCUT2D eigenvalue weighted by Gasteiger charge is 2.33. The summed E-state index contributed by atoms with van der Waals surface area (Å²) in [5, 5.41) is 3.30. The molecule has 1 saturated heterocycles. The van der Waals surface area contributed by atoms with Crippen LogP contribution in [0.4, 0.5) is 0 Å². The summed E-state index contributed by atoms with van der Waals surface area (Å²) in [5.74, 6) is 0. The first-order valence-corrected chi connectivity index (χ1v) is 9.27. The van der Waals surface area contributed by atoms with Gasteiger partial charge >= 0.3 is 0 Å². The van der Waals surface area contributed by atoms with Crippen molar-refractivity contribution in [3.8, 4) is 0 Å². The summed E-state index contributed by atoms with van der Waals surface area (Å²) in [7, 11) is -0.361. The van der Waals surface area contributed by atoms with E-state index in [-0.39, 0.29) is 29.3 Å². The van der Waals surface area contributed by atoms with Gasteiger partial charge in [0.05, 0.1) is 18.1 Å². The number of halogens is 1. The highest BCUT2D eigenvalue weighted by atomic mass is 35.5. The molecule has 8 heteroatoms. The highest BCUT2D eigenvalue weighted by Crippen LogP contribution is 2.29. The summed E-state index contributed by atoms with van der Waals surface area (Å²) in [6.07, 6.45) is 1.78. The SMILES string of the molecule is COCc1ccccc1S(=O)(=O)NCC1(COC)CCNCC1.Cl. The third-order valence-electron chi connectivity index (χ3n) is 4.31. The van der Waals surface area contributed by atoms with Crippen LogP contribution in [0.25, 0.3) is 0 Å². The smallest absolute Gasteiger partial charge is 0.240 e. The Bertz CT molecular complexity index is 598. The van der Waals surface area contributed by atoms with Gasteiger partial charge < -0.3 is 14.8 Å². The fourth-order valence-corrected chi connectivity index (χ4v) is 4.38. The average molecular weight is 379 g/mol. The van der Waals surface area contributed by atoms with Gasteiger partial charge in [0, 0.05) is 26.2 Å². The fourth-order valence-electron chi connectivity index (χ4n) is 3.00. The molecule has 0 aliphatic carbocycles. The Balaban J connectivity index is 0.00000288. The molecule has 6 nitrogen and oxygen atoms in total. The minimum atomic E-state index is -3.57. The van der Waals surface area contributed by atoms with Crippen LogP contribution in [0.1, 0.15) is 18.4 Å². The van der Waals surface area contributed by atoms with Crippen LogP contribution in [0.5, 0.6) is 0 Å². The first kappa shape index (κ1) is 21.3. The lowest BCUT2D eigenvalue weighted by molar-refractivity contribution is 0.0577. The van der Waals surface area contributed by atoms with E-state index >= 15 is 0 Å². The lowest BCUT2D eigenvalue weighted by Crippen LogP contribution is -2.47. The number of piperidine rings is 1. The summed E-state index contributed by atoms with van der Waals surface area (Å²) in [5.41, 5.74) is 0.511. The second-order valence-corrected chi connectivity index (χ2v) is 7.78. The monoisotopic (exact) mass is 378 g/mol. The first-order valence-electron chi connectivity index (χ1n) is 7.79. The van der Waals surface area contributed by atoms with Gasteiger partial charge in [0.25, 0.3) is 0 Å². The number of hydrogen-bond donors (Lipinski definition) is 2. The molecule has 1 heterocycles. The molecule has 0 bridgehead atoms.